The third-order valence-corrected chi connectivity index (χ3v) is 4.58. The van der Waals surface area contributed by atoms with Crippen LogP contribution in [0.4, 0.5) is 11.4 Å². The van der Waals surface area contributed by atoms with Crippen LogP contribution >= 0.6 is 11.6 Å². The Balaban J connectivity index is 2.11. The number of nitrogens with one attached hydrogen (secondary N) is 1. The quantitative estimate of drug-likeness (QED) is 0.542. The van der Waals surface area contributed by atoms with Crippen LogP contribution in [0.3, 0.4) is 0 Å². The zero-order valence-electron chi connectivity index (χ0n) is 16.3. The van der Waals surface area contributed by atoms with Crippen molar-refractivity contribution in [2.24, 2.45) is 0 Å². The third kappa shape index (κ3) is 4.45. The number of hydrogen-bond donors (Lipinski definition) is 1. The number of methoxy groups -OCH3 is 3. The van der Waals surface area contributed by atoms with Crippen molar-refractivity contribution in [2.45, 2.75) is 0 Å². The second-order valence-electron chi connectivity index (χ2n) is 5.99. The van der Waals surface area contributed by atoms with Gasteiger partial charge in [-0.05, 0) is 18.2 Å². The van der Waals surface area contributed by atoms with E-state index in [1.54, 1.807) is 51.7 Å². The zero-order chi connectivity index (χ0) is 20.8. The normalized spacial score (nSPS) is 10.4. The van der Waals surface area contributed by atoms with Gasteiger partial charge in [-0.15, -0.1) is 0 Å². The van der Waals surface area contributed by atoms with E-state index >= 15 is 0 Å². The van der Waals surface area contributed by atoms with Crippen molar-refractivity contribution < 1.29 is 18.9 Å². The van der Waals surface area contributed by atoms with Gasteiger partial charge in [-0.1, -0.05) is 11.6 Å². The number of rotatable bonds is 8. The van der Waals surface area contributed by atoms with Crippen molar-refractivity contribution in [2.75, 3.05) is 39.9 Å². The van der Waals surface area contributed by atoms with Gasteiger partial charge in [0.15, 0.2) is 11.5 Å². The number of hydrogen-bond acceptors (Lipinski definition) is 7. The lowest BCUT2D eigenvalue weighted by molar-refractivity contribution is 0.144. The van der Waals surface area contributed by atoms with Crippen LogP contribution in [0.15, 0.2) is 36.5 Å². The van der Waals surface area contributed by atoms with Crippen LogP contribution in [0, 0.1) is 11.3 Å². The van der Waals surface area contributed by atoms with E-state index in [0.717, 1.165) is 0 Å². The molecule has 29 heavy (non-hydrogen) atoms. The molecule has 0 aliphatic heterocycles. The molecule has 0 atom stereocenters. The summed E-state index contributed by atoms with van der Waals surface area (Å²) < 4.78 is 21.5. The molecule has 7 nitrogen and oxygen atoms in total. The van der Waals surface area contributed by atoms with E-state index in [1.165, 1.54) is 6.20 Å². The first-order chi connectivity index (χ1) is 14.1. The second kappa shape index (κ2) is 9.32. The minimum atomic E-state index is 0.367. The maximum atomic E-state index is 9.59. The lowest BCUT2D eigenvalue weighted by atomic mass is 10.1. The molecule has 0 amide bonds. The second-order valence-corrected chi connectivity index (χ2v) is 6.40. The molecule has 3 aromatic rings. The Morgan fingerprint density at radius 2 is 1.90 bits per heavy atom. The number of nitriles is 1. The molecule has 2 aromatic carbocycles. The van der Waals surface area contributed by atoms with Crippen LogP contribution in [0.5, 0.6) is 17.2 Å². The maximum Gasteiger partial charge on any atom is 0.163 e. The smallest absolute Gasteiger partial charge is 0.163 e. The maximum absolute atomic E-state index is 9.59. The van der Waals surface area contributed by atoms with Crippen LogP contribution in [0.2, 0.25) is 5.02 Å². The van der Waals surface area contributed by atoms with Crippen LogP contribution in [0.25, 0.3) is 10.9 Å². The lowest BCUT2D eigenvalue weighted by Crippen LogP contribution is -2.06. The molecule has 0 saturated heterocycles. The molecule has 3 rings (SSSR count). The summed E-state index contributed by atoms with van der Waals surface area (Å²) in [7, 11) is 4.73. The fourth-order valence-corrected chi connectivity index (χ4v) is 2.95. The van der Waals surface area contributed by atoms with Gasteiger partial charge < -0.3 is 24.3 Å². The van der Waals surface area contributed by atoms with Gasteiger partial charge in [-0.3, -0.25) is 4.98 Å². The number of ether oxygens (including phenoxy) is 4. The Bertz CT molecular complexity index is 1070. The summed E-state index contributed by atoms with van der Waals surface area (Å²) in [6, 6.07) is 11.0. The van der Waals surface area contributed by atoms with Gasteiger partial charge >= 0.3 is 0 Å². The van der Waals surface area contributed by atoms with Crippen molar-refractivity contribution in [3.63, 3.8) is 0 Å². The minimum absolute atomic E-state index is 0.367. The Morgan fingerprint density at radius 1 is 1.07 bits per heavy atom. The fourth-order valence-electron chi connectivity index (χ4n) is 2.79. The molecule has 8 heteroatoms. The summed E-state index contributed by atoms with van der Waals surface area (Å²) in [6.45, 7) is 0.822. The number of halogens is 1. The van der Waals surface area contributed by atoms with Crippen LogP contribution in [-0.4, -0.2) is 39.5 Å². The molecule has 0 unspecified atom stereocenters. The molecule has 1 N–H and O–H groups in total. The topological polar surface area (TPSA) is 85.6 Å². The standard InChI is InChI=1S/C21H20ClN3O4/c1-26-6-7-29-20-10-17-15(9-19(20)28-3)21(13(11-23)12-24-17)25-18-8-14(27-2)4-5-16(18)22/h4-5,8-10,12H,6-7H2,1-3H3,(H,24,25). The molecule has 0 fully saturated rings. The molecular formula is C21H20ClN3O4. The first-order valence-electron chi connectivity index (χ1n) is 8.74. The van der Waals surface area contributed by atoms with Crippen LogP contribution in [0.1, 0.15) is 5.56 Å². The molecule has 0 bridgehead atoms. The lowest BCUT2D eigenvalue weighted by Gasteiger charge is -2.16. The van der Waals surface area contributed by atoms with Gasteiger partial charge in [0.1, 0.15) is 18.4 Å². The van der Waals surface area contributed by atoms with E-state index in [0.29, 0.717) is 63.3 Å². The zero-order valence-corrected chi connectivity index (χ0v) is 17.0. The Hall–Kier alpha value is -3.21. The van der Waals surface area contributed by atoms with E-state index in [4.69, 9.17) is 30.5 Å². The number of nitrogens with zero attached hydrogens (tertiary/aromatic N) is 2. The summed E-state index contributed by atoms with van der Waals surface area (Å²) in [4.78, 5) is 4.39. The molecule has 1 heterocycles. The predicted octanol–water partition coefficient (Wildman–Crippen LogP) is 4.55. The van der Waals surface area contributed by atoms with Gasteiger partial charge in [0, 0.05) is 30.8 Å². The Labute approximate surface area is 173 Å². The summed E-state index contributed by atoms with van der Waals surface area (Å²) >= 11 is 6.33. The molecule has 0 saturated carbocycles. The summed E-state index contributed by atoms with van der Waals surface area (Å²) in [5.41, 5.74) is 2.18. The fraction of sp³-hybridized carbons (Fsp3) is 0.238. The van der Waals surface area contributed by atoms with Gasteiger partial charge in [0.05, 0.1) is 48.3 Å². The highest BCUT2D eigenvalue weighted by Gasteiger charge is 2.15. The number of aromatic nitrogens is 1. The molecule has 0 aliphatic carbocycles. The molecule has 0 spiro atoms. The highest BCUT2D eigenvalue weighted by Crippen LogP contribution is 2.38. The number of fused-ring (bicyclic) bond motifs is 1. The van der Waals surface area contributed by atoms with Gasteiger partial charge in [-0.2, -0.15) is 5.26 Å². The summed E-state index contributed by atoms with van der Waals surface area (Å²) in [5, 5.41) is 14.0. The SMILES string of the molecule is COCCOc1cc2ncc(C#N)c(Nc3cc(OC)ccc3Cl)c2cc1OC. The number of pyridine rings is 1. The van der Waals surface area contributed by atoms with Crippen molar-refractivity contribution in [3.8, 4) is 23.3 Å². The molecule has 1 aromatic heterocycles. The highest BCUT2D eigenvalue weighted by atomic mass is 35.5. The van der Waals surface area contributed by atoms with E-state index in [9.17, 15) is 5.26 Å². The first-order valence-corrected chi connectivity index (χ1v) is 9.12. The average Bonchev–Trinajstić information content (AvgIpc) is 2.75. The molecule has 150 valence electrons. The largest absolute Gasteiger partial charge is 0.497 e. The number of benzene rings is 2. The van der Waals surface area contributed by atoms with E-state index in [1.807, 2.05) is 0 Å². The van der Waals surface area contributed by atoms with Gasteiger partial charge in [0.2, 0.25) is 0 Å². The Morgan fingerprint density at radius 3 is 2.59 bits per heavy atom. The van der Waals surface area contributed by atoms with E-state index in [2.05, 4.69) is 16.4 Å². The minimum Gasteiger partial charge on any atom is -0.497 e. The van der Waals surface area contributed by atoms with Gasteiger partial charge in [0.25, 0.3) is 0 Å². The molecular weight excluding hydrogens is 394 g/mol. The third-order valence-electron chi connectivity index (χ3n) is 4.25. The molecule has 0 radical (unpaired) electrons. The van der Waals surface area contributed by atoms with Crippen molar-refractivity contribution in [1.82, 2.24) is 4.98 Å². The summed E-state index contributed by atoms with van der Waals surface area (Å²) in [6.07, 6.45) is 1.50. The first kappa shape index (κ1) is 20.5. The number of anilines is 2. The average molecular weight is 414 g/mol. The van der Waals surface area contributed by atoms with Crippen molar-refractivity contribution >= 4 is 33.9 Å². The van der Waals surface area contributed by atoms with Crippen LogP contribution in [-0.2, 0) is 4.74 Å². The van der Waals surface area contributed by atoms with E-state index < -0.39 is 0 Å². The molecule has 0 aliphatic rings. The monoisotopic (exact) mass is 413 g/mol. The summed E-state index contributed by atoms with van der Waals surface area (Å²) in [5.74, 6) is 1.70. The van der Waals surface area contributed by atoms with Gasteiger partial charge in [-0.25, -0.2) is 0 Å². The van der Waals surface area contributed by atoms with Crippen molar-refractivity contribution in [3.05, 3.63) is 47.1 Å². The Kier molecular flexibility index (Phi) is 6.60. The predicted molar refractivity (Wildman–Crippen MR) is 112 cm³/mol. The highest BCUT2D eigenvalue weighted by molar-refractivity contribution is 6.33. The van der Waals surface area contributed by atoms with E-state index in [-0.39, 0.29) is 0 Å². The van der Waals surface area contributed by atoms with Crippen molar-refractivity contribution in [1.29, 1.82) is 5.26 Å². The van der Waals surface area contributed by atoms with Crippen LogP contribution < -0.4 is 19.5 Å².